The van der Waals surface area contributed by atoms with Gasteiger partial charge in [0.15, 0.2) is 11.6 Å². The van der Waals surface area contributed by atoms with Crippen molar-refractivity contribution in [2.45, 2.75) is 18.9 Å². The Morgan fingerprint density at radius 2 is 1.82 bits per heavy atom. The van der Waals surface area contributed by atoms with Crippen molar-refractivity contribution in [3.05, 3.63) is 34.4 Å². The summed E-state index contributed by atoms with van der Waals surface area (Å²) >= 11 is 5.83. The normalized spacial score (nSPS) is 19.3. The second kappa shape index (κ2) is 5.29. The molecule has 1 aromatic carbocycles. The van der Waals surface area contributed by atoms with Crippen molar-refractivity contribution in [2.75, 3.05) is 13.1 Å². The summed E-state index contributed by atoms with van der Waals surface area (Å²) in [6.07, 6.45) is 0.771. The summed E-state index contributed by atoms with van der Waals surface area (Å²) in [4.78, 5) is 0. The van der Waals surface area contributed by atoms with Gasteiger partial charge in [0, 0.05) is 10.6 Å². The molecule has 1 atom stereocenters. The Hall–Kier alpha value is -0.710. The number of aliphatic hydroxyl groups is 1. The van der Waals surface area contributed by atoms with Crippen molar-refractivity contribution >= 4 is 11.6 Å². The van der Waals surface area contributed by atoms with E-state index in [4.69, 9.17) is 11.6 Å². The maximum Gasteiger partial charge on any atom is 0.160 e. The Morgan fingerprint density at radius 1 is 1.24 bits per heavy atom. The van der Waals surface area contributed by atoms with E-state index >= 15 is 0 Å². The largest absolute Gasteiger partial charge is 0.388 e. The molecule has 0 bridgehead atoms. The van der Waals surface area contributed by atoms with E-state index in [1.165, 1.54) is 0 Å². The molecule has 2 nitrogen and oxygen atoms in total. The Morgan fingerprint density at radius 3 is 2.47 bits per heavy atom. The van der Waals surface area contributed by atoms with Gasteiger partial charge in [-0.1, -0.05) is 11.6 Å². The summed E-state index contributed by atoms with van der Waals surface area (Å²) in [5.41, 5.74) is 0.275. The molecule has 5 heteroatoms. The molecule has 1 saturated heterocycles. The highest BCUT2D eigenvalue weighted by atomic mass is 35.5. The van der Waals surface area contributed by atoms with Crippen molar-refractivity contribution in [1.82, 2.24) is 5.32 Å². The molecule has 0 amide bonds. The molecule has 1 unspecified atom stereocenters. The average molecular weight is 262 g/mol. The van der Waals surface area contributed by atoms with Crippen LogP contribution in [-0.4, -0.2) is 18.2 Å². The Kier molecular flexibility index (Phi) is 3.97. The lowest BCUT2D eigenvalue weighted by atomic mass is 9.88. The molecule has 2 N–H and O–H groups in total. The van der Waals surface area contributed by atoms with E-state index in [9.17, 15) is 13.9 Å². The van der Waals surface area contributed by atoms with E-state index in [0.717, 1.165) is 38.1 Å². The van der Waals surface area contributed by atoms with Crippen LogP contribution in [-0.2, 0) is 0 Å². The number of halogens is 3. The zero-order valence-corrected chi connectivity index (χ0v) is 9.97. The second-order valence-corrected chi connectivity index (χ2v) is 4.73. The van der Waals surface area contributed by atoms with Gasteiger partial charge in [-0.2, -0.15) is 0 Å². The molecule has 94 valence electrons. The molecule has 0 radical (unpaired) electrons. The third-order valence-corrected chi connectivity index (χ3v) is 3.52. The Labute approximate surface area is 104 Å². The lowest BCUT2D eigenvalue weighted by Crippen LogP contribution is -2.31. The second-order valence-electron chi connectivity index (χ2n) is 4.32. The topological polar surface area (TPSA) is 32.3 Å². The molecule has 0 saturated carbocycles. The van der Waals surface area contributed by atoms with Crippen LogP contribution in [0.1, 0.15) is 24.5 Å². The van der Waals surface area contributed by atoms with Crippen molar-refractivity contribution in [3.63, 3.8) is 0 Å². The van der Waals surface area contributed by atoms with E-state index in [1.807, 2.05) is 0 Å². The molecule has 1 aromatic rings. The van der Waals surface area contributed by atoms with Gasteiger partial charge < -0.3 is 10.4 Å². The van der Waals surface area contributed by atoms with Crippen molar-refractivity contribution in [2.24, 2.45) is 5.92 Å². The maximum absolute atomic E-state index is 13.1. The van der Waals surface area contributed by atoms with Gasteiger partial charge in [0.1, 0.15) is 0 Å². The highest BCUT2D eigenvalue weighted by molar-refractivity contribution is 6.31. The molecule has 1 aliphatic rings. The van der Waals surface area contributed by atoms with Crippen LogP contribution in [0.3, 0.4) is 0 Å². The van der Waals surface area contributed by atoms with Crippen LogP contribution in [0.15, 0.2) is 12.1 Å². The third-order valence-electron chi connectivity index (χ3n) is 3.19. The van der Waals surface area contributed by atoms with Gasteiger partial charge in [-0.25, -0.2) is 8.78 Å². The van der Waals surface area contributed by atoms with E-state index in [1.54, 1.807) is 0 Å². The van der Waals surface area contributed by atoms with Crippen LogP contribution >= 0.6 is 11.6 Å². The lowest BCUT2D eigenvalue weighted by molar-refractivity contribution is 0.0886. The minimum atomic E-state index is -0.990. The van der Waals surface area contributed by atoms with Gasteiger partial charge in [0.05, 0.1) is 6.10 Å². The highest BCUT2D eigenvalue weighted by Crippen LogP contribution is 2.33. The van der Waals surface area contributed by atoms with Gasteiger partial charge in [0.2, 0.25) is 0 Å². The molecule has 1 heterocycles. The van der Waals surface area contributed by atoms with E-state index in [2.05, 4.69) is 5.32 Å². The Bertz CT molecular complexity index is 408. The third kappa shape index (κ3) is 2.76. The SMILES string of the molecule is OC(c1cc(F)c(F)cc1Cl)C1CCNCC1. The first kappa shape index (κ1) is 12.7. The molecule has 1 aliphatic heterocycles. The summed E-state index contributed by atoms with van der Waals surface area (Å²) in [6, 6.07) is 1.90. The molecule has 2 rings (SSSR count). The van der Waals surface area contributed by atoms with Crippen molar-refractivity contribution in [1.29, 1.82) is 0 Å². The minimum absolute atomic E-state index is 0.0404. The van der Waals surface area contributed by atoms with Crippen LogP contribution in [0.5, 0.6) is 0 Å². The summed E-state index contributed by atoms with van der Waals surface area (Å²) < 4.78 is 26.0. The maximum atomic E-state index is 13.1. The van der Waals surface area contributed by atoms with Gasteiger partial charge in [-0.15, -0.1) is 0 Å². The first-order valence-electron chi connectivity index (χ1n) is 5.63. The molecule has 0 spiro atoms. The monoisotopic (exact) mass is 261 g/mol. The molecular weight excluding hydrogens is 248 g/mol. The van der Waals surface area contributed by atoms with Crippen LogP contribution in [0.4, 0.5) is 8.78 Å². The van der Waals surface area contributed by atoms with Crippen LogP contribution in [0.2, 0.25) is 5.02 Å². The van der Waals surface area contributed by atoms with E-state index in [-0.39, 0.29) is 16.5 Å². The molecule has 17 heavy (non-hydrogen) atoms. The van der Waals surface area contributed by atoms with Crippen molar-refractivity contribution < 1.29 is 13.9 Å². The van der Waals surface area contributed by atoms with Crippen LogP contribution in [0, 0.1) is 17.6 Å². The number of rotatable bonds is 2. The van der Waals surface area contributed by atoms with Gasteiger partial charge in [0.25, 0.3) is 0 Å². The van der Waals surface area contributed by atoms with Gasteiger partial charge in [-0.3, -0.25) is 0 Å². The fourth-order valence-corrected chi connectivity index (χ4v) is 2.44. The smallest absolute Gasteiger partial charge is 0.160 e. The lowest BCUT2D eigenvalue weighted by Gasteiger charge is -2.28. The van der Waals surface area contributed by atoms with Gasteiger partial charge in [-0.05, 0) is 44.0 Å². The summed E-state index contributed by atoms with van der Waals surface area (Å²) in [5.74, 6) is -1.92. The zero-order valence-electron chi connectivity index (χ0n) is 9.22. The number of aliphatic hydroxyl groups excluding tert-OH is 1. The fourth-order valence-electron chi connectivity index (χ4n) is 2.18. The summed E-state index contributed by atoms with van der Waals surface area (Å²) in [5, 5.41) is 13.4. The number of hydrogen-bond donors (Lipinski definition) is 2. The van der Waals surface area contributed by atoms with Gasteiger partial charge >= 0.3 is 0 Å². The number of benzene rings is 1. The average Bonchev–Trinajstić information content (AvgIpc) is 2.34. The standard InChI is InChI=1S/C12H14ClF2NO/c13-9-6-11(15)10(14)5-8(9)12(17)7-1-3-16-4-2-7/h5-7,12,16-17H,1-4H2. The van der Waals surface area contributed by atoms with Crippen LogP contribution in [0.25, 0.3) is 0 Å². The number of hydrogen-bond acceptors (Lipinski definition) is 2. The minimum Gasteiger partial charge on any atom is -0.388 e. The quantitative estimate of drug-likeness (QED) is 0.803. The number of piperidine rings is 1. The molecule has 1 fully saturated rings. The first-order valence-corrected chi connectivity index (χ1v) is 6.00. The zero-order chi connectivity index (χ0) is 12.4. The summed E-state index contributed by atoms with van der Waals surface area (Å²) in [7, 11) is 0. The summed E-state index contributed by atoms with van der Waals surface area (Å²) in [6.45, 7) is 1.64. The van der Waals surface area contributed by atoms with Crippen LogP contribution < -0.4 is 5.32 Å². The van der Waals surface area contributed by atoms with E-state index in [0.29, 0.717) is 0 Å². The molecular formula is C12H14ClF2NO. The molecule has 0 aromatic heterocycles. The highest BCUT2D eigenvalue weighted by Gasteiger charge is 2.25. The predicted octanol–water partition coefficient (Wildman–Crippen LogP) is 2.65. The predicted molar refractivity (Wildman–Crippen MR) is 61.9 cm³/mol. The van der Waals surface area contributed by atoms with Crippen molar-refractivity contribution in [3.8, 4) is 0 Å². The Balaban J connectivity index is 2.23. The number of nitrogens with one attached hydrogen (secondary N) is 1. The molecule has 0 aliphatic carbocycles. The van der Waals surface area contributed by atoms with E-state index < -0.39 is 17.7 Å². The first-order chi connectivity index (χ1) is 8.09. The fraction of sp³-hybridized carbons (Fsp3) is 0.500.